The molecule has 0 fully saturated rings. The lowest BCUT2D eigenvalue weighted by Crippen LogP contribution is -2.52. The molecule has 0 aliphatic rings. The Hall–Kier alpha value is -1.53. The Bertz CT molecular complexity index is 819. The number of aromatic nitrogens is 1. The summed E-state index contributed by atoms with van der Waals surface area (Å²) >= 11 is 3.75. The molecule has 0 saturated carbocycles. The number of nitrogens with zero attached hydrogens (tertiary/aromatic N) is 1. The van der Waals surface area contributed by atoms with Gasteiger partial charge in [0.25, 0.3) is 0 Å². The van der Waals surface area contributed by atoms with Crippen molar-refractivity contribution in [2.45, 2.75) is 65.1 Å². The number of carbonyl (C=O) groups excluding carboxylic acids is 1. The molecule has 0 amide bonds. The number of benzene rings is 1. The highest BCUT2D eigenvalue weighted by Gasteiger charge is 2.47. The molecule has 0 radical (unpaired) electrons. The predicted octanol–water partition coefficient (Wildman–Crippen LogP) is 7.13. The number of hydrogen-bond acceptors (Lipinski definition) is 3. The van der Waals surface area contributed by atoms with Crippen LogP contribution >= 0.6 is 15.9 Å². The van der Waals surface area contributed by atoms with Gasteiger partial charge in [0.1, 0.15) is 11.4 Å². The number of carbonyl (C=O) groups is 1. The van der Waals surface area contributed by atoms with Crippen LogP contribution < -0.4 is 4.74 Å². The minimum atomic E-state index is -2.13. The first-order valence-electron chi connectivity index (χ1n) is 10.4. The number of hydrogen-bond donors (Lipinski definition) is 0. The molecule has 160 valence electrons. The molecule has 29 heavy (non-hydrogen) atoms. The van der Waals surface area contributed by atoms with Crippen LogP contribution in [0.4, 0.5) is 0 Å². The number of ether oxygens (including phenoxy) is 2. The van der Waals surface area contributed by atoms with Crippen molar-refractivity contribution < 1.29 is 14.3 Å². The number of methoxy groups -OCH3 is 1. The second-order valence-electron chi connectivity index (χ2n) is 8.37. The maximum atomic E-state index is 13.1. The van der Waals surface area contributed by atoms with Gasteiger partial charge in [-0.3, -0.25) is 0 Å². The summed E-state index contributed by atoms with van der Waals surface area (Å²) in [7, 11) is -0.676. The monoisotopic (exact) mass is 479 g/mol. The van der Waals surface area contributed by atoms with E-state index in [1.165, 1.54) is 7.11 Å². The van der Waals surface area contributed by atoms with E-state index in [4.69, 9.17) is 9.47 Å². The Morgan fingerprint density at radius 2 is 1.55 bits per heavy atom. The number of rotatable bonds is 8. The summed E-state index contributed by atoms with van der Waals surface area (Å²) in [5, 5.41) is 0. The van der Waals surface area contributed by atoms with Gasteiger partial charge in [-0.05, 0) is 57.2 Å². The van der Waals surface area contributed by atoms with Crippen LogP contribution in [0.25, 0.3) is 11.1 Å². The Labute approximate surface area is 184 Å². The fourth-order valence-electron chi connectivity index (χ4n) is 5.07. The van der Waals surface area contributed by atoms with Gasteiger partial charge in [0.05, 0.1) is 13.7 Å². The quantitative estimate of drug-likeness (QED) is 0.298. The van der Waals surface area contributed by atoms with Crippen LogP contribution in [0.2, 0.25) is 16.6 Å². The lowest BCUT2D eigenvalue weighted by Gasteiger charge is -2.44. The third-order valence-corrected chi connectivity index (χ3v) is 13.3. The van der Waals surface area contributed by atoms with Crippen molar-refractivity contribution >= 4 is 30.1 Å². The molecule has 1 aromatic heterocycles. The Balaban J connectivity index is 2.82. The summed E-state index contributed by atoms with van der Waals surface area (Å²) in [5.74, 6) is 0.528. The SMILES string of the molecule is CCOc1ccc(-c2c(Br)cn([Si](C(C)C)(C(C)C)C(C)C)c2C(=O)OC)cc1. The van der Waals surface area contributed by atoms with Crippen molar-refractivity contribution in [2.24, 2.45) is 0 Å². The largest absolute Gasteiger partial charge is 0.494 e. The van der Waals surface area contributed by atoms with Crippen LogP contribution in [0.15, 0.2) is 34.9 Å². The van der Waals surface area contributed by atoms with Crippen LogP contribution in [0.1, 0.15) is 59.0 Å². The van der Waals surface area contributed by atoms with Crippen LogP contribution in [-0.2, 0) is 4.74 Å². The van der Waals surface area contributed by atoms with Gasteiger partial charge < -0.3 is 13.7 Å². The fourth-order valence-corrected chi connectivity index (χ4v) is 12.5. The zero-order chi connectivity index (χ0) is 21.9. The van der Waals surface area contributed by atoms with E-state index < -0.39 is 8.24 Å². The summed E-state index contributed by atoms with van der Waals surface area (Å²) in [6.45, 7) is 16.3. The first kappa shape index (κ1) is 23.7. The van der Waals surface area contributed by atoms with Crippen molar-refractivity contribution in [1.82, 2.24) is 4.23 Å². The molecule has 0 bridgehead atoms. The first-order valence-corrected chi connectivity index (χ1v) is 13.3. The van der Waals surface area contributed by atoms with Crippen LogP contribution in [-0.4, -0.2) is 32.2 Å². The Morgan fingerprint density at radius 3 is 1.97 bits per heavy atom. The number of halogens is 1. The van der Waals surface area contributed by atoms with Gasteiger partial charge in [-0.25, -0.2) is 4.79 Å². The second kappa shape index (κ2) is 9.52. The van der Waals surface area contributed by atoms with Gasteiger partial charge in [-0.15, -0.1) is 0 Å². The van der Waals surface area contributed by atoms with Crippen LogP contribution in [0.5, 0.6) is 5.75 Å². The Kier molecular flexibility index (Phi) is 7.79. The maximum Gasteiger partial charge on any atom is 0.354 e. The molecule has 0 aliphatic carbocycles. The summed E-state index contributed by atoms with van der Waals surface area (Å²) in [6, 6.07) is 7.90. The molecule has 1 heterocycles. The second-order valence-corrected chi connectivity index (χ2v) is 14.9. The highest BCUT2D eigenvalue weighted by molar-refractivity contribution is 9.10. The predicted molar refractivity (Wildman–Crippen MR) is 127 cm³/mol. The van der Waals surface area contributed by atoms with E-state index in [0.29, 0.717) is 28.9 Å². The molecule has 2 rings (SSSR count). The van der Waals surface area contributed by atoms with Gasteiger partial charge >= 0.3 is 5.97 Å². The molecular weight excluding hydrogens is 446 g/mol. The zero-order valence-electron chi connectivity index (χ0n) is 18.9. The highest BCUT2D eigenvalue weighted by Crippen LogP contribution is 2.46. The minimum absolute atomic E-state index is 0.293. The molecule has 0 unspecified atom stereocenters. The molecule has 6 heteroatoms. The van der Waals surface area contributed by atoms with Crippen molar-refractivity contribution in [3.05, 3.63) is 40.6 Å². The van der Waals surface area contributed by atoms with Gasteiger partial charge in [0.2, 0.25) is 0 Å². The van der Waals surface area contributed by atoms with Crippen molar-refractivity contribution in [1.29, 1.82) is 0 Å². The average Bonchev–Trinajstić information content (AvgIpc) is 2.98. The normalized spacial score (nSPS) is 12.1. The molecule has 0 N–H and O–H groups in total. The summed E-state index contributed by atoms with van der Waals surface area (Å²) in [5.41, 5.74) is 3.87. The summed E-state index contributed by atoms with van der Waals surface area (Å²) in [6.07, 6.45) is 2.12. The van der Waals surface area contributed by atoms with E-state index in [1.807, 2.05) is 31.2 Å². The molecule has 0 saturated heterocycles. The van der Waals surface area contributed by atoms with Crippen molar-refractivity contribution in [2.75, 3.05) is 13.7 Å². The third kappa shape index (κ3) is 4.19. The van der Waals surface area contributed by atoms with Gasteiger partial charge in [-0.2, -0.15) is 0 Å². The molecule has 2 aromatic rings. The van der Waals surface area contributed by atoms with E-state index in [0.717, 1.165) is 21.3 Å². The fraction of sp³-hybridized carbons (Fsp3) is 0.522. The van der Waals surface area contributed by atoms with E-state index in [2.05, 4.69) is 67.9 Å². The van der Waals surface area contributed by atoms with Crippen molar-refractivity contribution in [3.63, 3.8) is 0 Å². The molecular formula is C23H34BrNO3Si. The van der Waals surface area contributed by atoms with Gasteiger partial charge in [-0.1, -0.05) is 53.7 Å². The Morgan fingerprint density at radius 1 is 1.03 bits per heavy atom. The van der Waals surface area contributed by atoms with Crippen LogP contribution in [0, 0.1) is 0 Å². The van der Waals surface area contributed by atoms with E-state index >= 15 is 0 Å². The minimum Gasteiger partial charge on any atom is -0.494 e. The molecule has 0 aliphatic heterocycles. The standard InChI is InChI=1S/C23H34BrNO3Si/c1-9-28-19-12-10-18(11-13-19)21-20(24)14-25(22(21)23(26)27-8)29(15(2)3,16(4)5)17(6)7/h10-17H,9H2,1-8H3. The highest BCUT2D eigenvalue weighted by atomic mass is 79.9. The smallest absolute Gasteiger partial charge is 0.354 e. The van der Waals surface area contributed by atoms with E-state index in [1.54, 1.807) is 0 Å². The summed E-state index contributed by atoms with van der Waals surface area (Å²) < 4.78 is 14.1. The first-order chi connectivity index (χ1) is 13.6. The molecule has 1 aromatic carbocycles. The van der Waals surface area contributed by atoms with E-state index in [-0.39, 0.29) is 5.97 Å². The lowest BCUT2D eigenvalue weighted by molar-refractivity contribution is 0.0593. The number of esters is 1. The zero-order valence-corrected chi connectivity index (χ0v) is 21.5. The van der Waals surface area contributed by atoms with Gasteiger partial charge in [0, 0.05) is 16.2 Å². The lowest BCUT2D eigenvalue weighted by atomic mass is 10.1. The molecule has 0 spiro atoms. The third-order valence-electron chi connectivity index (χ3n) is 5.98. The summed E-state index contributed by atoms with van der Waals surface area (Å²) in [4.78, 5) is 13.1. The van der Waals surface area contributed by atoms with Crippen LogP contribution in [0.3, 0.4) is 0 Å². The van der Waals surface area contributed by atoms with E-state index in [9.17, 15) is 4.79 Å². The average molecular weight is 481 g/mol. The van der Waals surface area contributed by atoms with Crippen molar-refractivity contribution in [3.8, 4) is 16.9 Å². The maximum absolute atomic E-state index is 13.1. The van der Waals surface area contributed by atoms with Gasteiger partial charge in [0.15, 0.2) is 8.24 Å². The molecule has 4 nitrogen and oxygen atoms in total. The topological polar surface area (TPSA) is 40.5 Å². The molecule has 0 atom stereocenters.